The molecule has 5 rings (SSSR count). The van der Waals surface area contributed by atoms with Gasteiger partial charge in [-0.2, -0.15) is 0 Å². The molecule has 32 nitrogen and oxygen atoms in total. The first-order chi connectivity index (χ1) is 40.9. The highest BCUT2D eigenvalue weighted by molar-refractivity contribution is 7.99. The number of carbonyl (C=O) groups excluding carboxylic acids is 9. The van der Waals surface area contributed by atoms with E-state index in [1.165, 1.54) is 28.0 Å². The summed E-state index contributed by atoms with van der Waals surface area (Å²) in [6, 6.07) is -2.15. The lowest BCUT2D eigenvalue weighted by atomic mass is 10.1. The lowest BCUT2D eigenvalue weighted by Gasteiger charge is -2.33. The van der Waals surface area contributed by atoms with Gasteiger partial charge in [-0.15, -0.1) is 23.1 Å². The summed E-state index contributed by atoms with van der Waals surface area (Å²) in [5.41, 5.74) is 39.7. The second-order valence-corrected chi connectivity index (χ2v) is 22.7. The number of hydrogen-bond acceptors (Lipinski definition) is 18. The summed E-state index contributed by atoms with van der Waals surface area (Å²) in [6.07, 6.45) is 0.0870. The third-order valence-corrected chi connectivity index (χ3v) is 16.1. The maximum absolute atomic E-state index is 14.4. The quantitative estimate of drug-likeness (QED) is 0.0190. The molecule has 9 atom stereocenters. The number of thiophene rings is 1. The van der Waals surface area contributed by atoms with E-state index in [1.54, 1.807) is 35.7 Å². The fraction of sp³-hybridized carbons (Fsp3) is 0.558. The van der Waals surface area contributed by atoms with E-state index in [-0.39, 0.29) is 108 Å². The summed E-state index contributed by atoms with van der Waals surface area (Å²) in [7, 11) is 0. The van der Waals surface area contributed by atoms with Gasteiger partial charge < -0.3 is 102 Å². The molecule has 23 N–H and O–H groups in total. The number of fused-ring (bicyclic) bond motifs is 1. The lowest BCUT2D eigenvalue weighted by molar-refractivity contribution is -0.149. The molecule has 3 aliphatic heterocycles. The number of amides is 9. The van der Waals surface area contributed by atoms with Crippen molar-refractivity contribution in [2.75, 3.05) is 63.1 Å². The summed E-state index contributed by atoms with van der Waals surface area (Å²) in [5, 5.41) is 48.2. The summed E-state index contributed by atoms with van der Waals surface area (Å²) >= 11 is 2.43. The van der Waals surface area contributed by atoms with Crippen molar-refractivity contribution < 1.29 is 63.3 Å². The van der Waals surface area contributed by atoms with Crippen molar-refractivity contribution in [2.24, 2.45) is 55.1 Å². The number of thioether (sulfide) groups is 1. The maximum Gasteiger partial charge on any atom is 0.326 e. The highest BCUT2D eigenvalue weighted by atomic mass is 32.2. The van der Waals surface area contributed by atoms with E-state index in [0.717, 1.165) is 15.4 Å². The maximum atomic E-state index is 14.4. The summed E-state index contributed by atoms with van der Waals surface area (Å²) in [4.78, 5) is 154. The Labute approximate surface area is 503 Å². The van der Waals surface area contributed by atoms with Crippen LogP contribution in [0, 0.1) is 6.92 Å². The van der Waals surface area contributed by atoms with Crippen molar-refractivity contribution in [3.63, 3.8) is 0 Å². The Bertz CT molecular complexity index is 2830. The topological polar surface area (TPSA) is 533 Å². The number of nitrogens with zero attached hydrogens (tertiary/aromatic N) is 6. The number of aliphatic imine (C=N–C) groups is 3. The second kappa shape index (κ2) is 33.4. The van der Waals surface area contributed by atoms with Crippen LogP contribution in [0.1, 0.15) is 68.2 Å². The third kappa shape index (κ3) is 20.4. The molecule has 0 spiro atoms. The van der Waals surface area contributed by atoms with Crippen LogP contribution in [-0.2, 0) is 54.4 Å². The highest BCUT2D eigenvalue weighted by Crippen LogP contribution is 2.35. The van der Waals surface area contributed by atoms with Crippen LogP contribution in [0.15, 0.2) is 55.6 Å². The zero-order valence-corrected chi connectivity index (χ0v) is 49.2. The number of rotatable bonds is 31. The summed E-state index contributed by atoms with van der Waals surface area (Å²) in [5.74, 6) is -9.14. The van der Waals surface area contributed by atoms with Gasteiger partial charge in [0.25, 0.3) is 5.91 Å². The van der Waals surface area contributed by atoms with Crippen molar-refractivity contribution >= 4 is 106 Å². The molecule has 4 heterocycles. The number of nitrogens with two attached hydrogens (primary N) is 7. The van der Waals surface area contributed by atoms with Crippen molar-refractivity contribution in [2.45, 2.75) is 130 Å². The van der Waals surface area contributed by atoms with E-state index < -0.39 is 133 Å². The highest BCUT2D eigenvalue weighted by Gasteiger charge is 2.47. The number of aliphatic hydroxyl groups excluding tert-OH is 2. The van der Waals surface area contributed by atoms with Gasteiger partial charge in [0, 0.05) is 54.7 Å². The number of hydrogen-bond donors (Lipinski definition) is 16. The van der Waals surface area contributed by atoms with Gasteiger partial charge >= 0.3 is 5.97 Å². The number of likely N-dealkylation sites (tertiary alicyclic amines) is 2. The molecule has 2 aromatic rings. The molecule has 472 valence electrons. The Morgan fingerprint density at radius 1 is 0.744 bits per heavy atom. The Kier molecular flexibility index (Phi) is 26.6. The Morgan fingerprint density at radius 3 is 1.99 bits per heavy atom. The van der Waals surface area contributed by atoms with Crippen molar-refractivity contribution in [3.05, 3.63) is 46.2 Å². The van der Waals surface area contributed by atoms with Crippen molar-refractivity contribution in [1.29, 1.82) is 0 Å². The molecule has 3 aliphatic rings. The average molecular weight is 1240 g/mol. The molecule has 34 heteroatoms. The minimum absolute atomic E-state index is 0.0280. The normalized spacial score (nSPS) is 19.0. The van der Waals surface area contributed by atoms with E-state index in [2.05, 4.69) is 46.9 Å². The minimum atomic E-state index is -1.70. The van der Waals surface area contributed by atoms with E-state index in [0.29, 0.717) is 28.3 Å². The number of carboxylic acids is 1. The van der Waals surface area contributed by atoms with Crippen LogP contribution < -0.4 is 76.9 Å². The Balaban J connectivity index is 1.23. The molecule has 86 heavy (non-hydrogen) atoms. The second-order valence-electron chi connectivity index (χ2n) is 20.6. The molecule has 2 fully saturated rings. The predicted octanol–water partition coefficient (Wildman–Crippen LogP) is -6.20. The Morgan fingerprint density at radius 2 is 1.37 bits per heavy atom. The van der Waals surface area contributed by atoms with Gasteiger partial charge in [0.15, 0.2) is 17.9 Å². The van der Waals surface area contributed by atoms with Crippen LogP contribution in [-0.4, -0.2) is 215 Å². The number of aliphatic hydroxyl groups is 2. The third-order valence-electron chi connectivity index (χ3n) is 14.1. The number of nitrogens with one attached hydrogen (secondary N) is 6. The first-order valence-electron chi connectivity index (χ1n) is 27.8. The molecule has 9 amide bonds. The van der Waals surface area contributed by atoms with Crippen LogP contribution >= 0.6 is 23.1 Å². The molecule has 1 aromatic carbocycles. The van der Waals surface area contributed by atoms with Crippen molar-refractivity contribution in [1.82, 2.24) is 41.7 Å². The Hall–Kier alpha value is -8.34. The van der Waals surface area contributed by atoms with E-state index in [9.17, 15) is 63.3 Å². The number of benzene rings is 1. The molecule has 1 unspecified atom stereocenters. The largest absolute Gasteiger partial charge is 0.480 e. The van der Waals surface area contributed by atoms with Gasteiger partial charge in [-0.25, -0.2) is 4.79 Å². The fourth-order valence-corrected chi connectivity index (χ4v) is 11.6. The number of carbonyl (C=O) groups is 10. The fourth-order valence-electron chi connectivity index (χ4n) is 9.73. The van der Waals surface area contributed by atoms with Gasteiger partial charge in [-0.3, -0.25) is 58.1 Å². The summed E-state index contributed by atoms with van der Waals surface area (Å²) < 4.78 is 0. The summed E-state index contributed by atoms with van der Waals surface area (Å²) in [6.45, 7) is -0.0956. The first kappa shape index (κ1) is 68.4. The zero-order valence-electron chi connectivity index (χ0n) is 47.6. The first-order valence-corrected chi connectivity index (χ1v) is 29.6. The van der Waals surface area contributed by atoms with Crippen LogP contribution in [0.25, 0.3) is 0 Å². The smallest absolute Gasteiger partial charge is 0.326 e. The van der Waals surface area contributed by atoms with Gasteiger partial charge in [-0.1, -0.05) is 12.1 Å². The molecular weight excluding hydrogens is 1160 g/mol. The lowest BCUT2D eigenvalue weighted by Crippen LogP contribution is -2.60. The molecule has 0 saturated carbocycles. The molecule has 1 aromatic heterocycles. The van der Waals surface area contributed by atoms with Gasteiger partial charge in [0.2, 0.25) is 47.3 Å². The van der Waals surface area contributed by atoms with Crippen LogP contribution in [0.3, 0.4) is 0 Å². The standard InChI is InChI=1S/C52H79N19O13S2/c1-27-12-13-35-38(21-27)86-26-34(47(81)71(35)24-40(75)64-31(49(83)84)10-4-17-62-52(58)59)68-44(78)33(25-72)67-43(77)32(22-28-7-6-20-85-28)65-39(74)23-63-45(79)41-37(73)14-19-70(41)48(82)36-11-5-18-69(36)46(80)30(9-3-16-61-51(56)57)66-42(76)29(53)8-2-15-60-50(54)55/h6-7,12-13,20-21,29-34,36-37,41,72-73H,2-5,8-11,14-19,22-26,53H2,1H3,(H,63,79)(H,64,75)(H,65,74)(H,66,76)(H,67,77)(H,68,78)(H,83,84)(H4,54,55,60)(H4,56,57,61)(H4,58,59,62)/t29-,30+,31?,32+,33+,34-,36+,37-,41+/m1/s1. The molecule has 2 saturated heterocycles. The molecular formula is C52H79N19O13S2. The molecule has 0 bridgehead atoms. The van der Waals surface area contributed by atoms with Crippen LogP contribution in [0.2, 0.25) is 0 Å². The molecule has 0 aliphatic carbocycles. The van der Waals surface area contributed by atoms with E-state index in [1.807, 2.05) is 6.92 Å². The van der Waals surface area contributed by atoms with Gasteiger partial charge in [0.05, 0.1) is 31.0 Å². The SMILES string of the molecule is Cc1ccc2c(c1)SC[C@@H](NC(=O)[C@H](CO)NC(=O)[C@H](Cc1cccs1)NC(=O)CNC(=O)[C@@H]1[C@H](O)CCN1C(=O)[C@@H]1CCCN1C(=O)[C@H](CCCN=C(N)N)NC(=O)[C@H](N)CCCN=C(N)N)C(=O)N2CC(=O)NC(CCCN=C(N)N)C(=O)O. The monoisotopic (exact) mass is 1240 g/mol. The number of anilines is 1. The number of carboxylic acid groups (broad SMARTS) is 1. The van der Waals surface area contributed by atoms with Crippen LogP contribution in [0.5, 0.6) is 0 Å². The van der Waals surface area contributed by atoms with E-state index >= 15 is 0 Å². The number of aryl methyl sites for hydroxylation is 1. The molecule has 0 radical (unpaired) electrons. The zero-order chi connectivity index (χ0) is 63.2. The van der Waals surface area contributed by atoms with E-state index in [4.69, 9.17) is 40.1 Å². The van der Waals surface area contributed by atoms with Crippen LogP contribution in [0.4, 0.5) is 5.69 Å². The van der Waals surface area contributed by atoms with Gasteiger partial charge in [-0.05, 0) is 93.9 Å². The average Bonchev–Trinajstić information content (AvgIpc) is 2.12. The van der Waals surface area contributed by atoms with Crippen molar-refractivity contribution in [3.8, 4) is 0 Å². The number of guanidine groups is 3. The predicted molar refractivity (Wildman–Crippen MR) is 318 cm³/mol. The minimum Gasteiger partial charge on any atom is -0.480 e. The number of aliphatic carboxylic acids is 1. The van der Waals surface area contributed by atoms with Gasteiger partial charge in [0.1, 0.15) is 48.8 Å².